The van der Waals surface area contributed by atoms with Crippen molar-refractivity contribution >= 4 is 10.0 Å². The molecule has 0 bridgehead atoms. The first kappa shape index (κ1) is 14.7. The number of rotatable bonds is 8. The van der Waals surface area contributed by atoms with Crippen molar-refractivity contribution in [3.05, 3.63) is 30.6 Å². The van der Waals surface area contributed by atoms with Crippen molar-refractivity contribution in [2.75, 3.05) is 13.1 Å². The van der Waals surface area contributed by atoms with Crippen molar-refractivity contribution in [3.63, 3.8) is 0 Å². The van der Waals surface area contributed by atoms with Crippen LogP contribution in [0.15, 0.2) is 29.7 Å². The Bertz CT molecular complexity index is 619. The van der Waals surface area contributed by atoms with E-state index in [2.05, 4.69) is 19.8 Å². The maximum Gasteiger partial charge on any atom is 0.243 e. The van der Waals surface area contributed by atoms with Crippen LogP contribution in [0.4, 0.5) is 0 Å². The molecule has 0 radical (unpaired) electrons. The van der Waals surface area contributed by atoms with Crippen LogP contribution in [0.1, 0.15) is 12.2 Å². The van der Waals surface area contributed by atoms with Gasteiger partial charge in [0.25, 0.3) is 0 Å². The van der Waals surface area contributed by atoms with E-state index in [0.29, 0.717) is 32.5 Å². The number of imidazole rings is 1. The van der Waals surface area contributed by atoms with Crippen LogP contribution in [0.2, 0.25) is 0 Å². The molecule has 0 aliphatic rings. The summed E-state index contributed by atoms with van der Waals surface area (Å²) in [6.45, 7) is 1.26. The second-order valence-corrected chi connectivity index (χ2v) is 6.03. The Balaban J connectivity index is 1.83. The average Bonchev–Trinajstić information content (AvgIpc) is 3.06. The number of aromatic nitrogens is 4. The van der Waals surface area contributed by atoms with Crippen molar-refractivity contribution < 1.29 is 8.42 Å². The van der Waals surface area contributed by atoms with Gasteiger partial charge in [-0.25, -0.2) is 18.1 Å². The van der Waals surface area contributed by atoms with Crippen LogP contribution >= 0.6 is 0 Å². The second-order valence-electron chi connectivity index (χ2n) is 4.26. The third-order valence-corrected chi connectivity index (χ3v) is 4.13. The van der Waals surface area contributed by atoms with E-state index in [9.17, 15) is 8.42 Å². The highest BCUT2D eigenvalue weighted by Crippen LogP contribution is 2.06. The second kappa shape index (κ2) is 6.64. The zero-order chi connectivity index (χ0) is 14.4. The molecule has 0 aromatic carbocycles. The molecule has 9 heteroatoms. The van der Waals surface area contributed by atoms with Gasteiger partial charge in [-0.2, -0.15) is 5.10 Å². The highest BCUT2D eigenvalue weighted by Gasteiger charge is 2.15. The van der Waals surface area contributed by atoms with E-state index in [-0.39, 0.29) is 4.90 Å². The molecule has 110 valence electrons. The third-order valence-electron chi connectivity index (χ3n) is 2.72. The number of H-pyrrole nitrogens is 1. The van der Waals surface area contributed by atoms with Crippen molar-refractivity contribution in [1.29, 1.82) is 0 Å². The molecule has 2 aromatic rings. The predicted octanol–water partition coefficient (Wildman–Crippen LogP) is -0.524. The minimum Gasteiger partial charge on any atom is -0.349 e. The lowest BCUT2D eigenvalue weighted by Crippen LogP contribution is -2.25. The molecule has 0 fully saturated rings. The Hall–Kier alpha value is -1.71. The van der Waals surface area contributed by atoms with Crippen LogP contribution in [0.3, 0.4) is 0 Å². The Morgan fingerprint density at radius 2 is 2.30 bits per heavy atom. The van der Waals surface area contributed by atoms with Crippen molar-refractivity contribution in [2.45, 2.75) is 24.3 Å². The van der Waals surface area contributed by atoms with Gasteiger partial charge >= 0.3 is 0 Å². The fourth-order valence-corrected chi connectivity index (χ4v) is 2.74. The average molecular weight is 298 g/mol. The lowest BCUT2D eigenvalue weighted by Gasteiger charge is -2.03. The summed E-state index contributed by atoms with van der Waals surface area (Å²) < 4.78 is 28.0. The molecule has 0 saturated carbocycles. The van der Waals surface area contributed by atoms with Crippen LogP contribution < -0.4 is 10.5 Å². The van der Waals surface area contributed by atoms with E-state index in [1.165, 1.54) is 17.1 Å². The van der Waals surface area contributed by atoms with Gasteiger partial charge in [-0.3, -0.25) is 4.68 Å². The third kappa shape index (κ3) is 3.89. The van der Waals surface area contributed by atoms with E-state index in [1.54, 1.807) is 12.4 Å². The first-order chi connectivity index (χ1) is 9.62. The SMILES string of the molecule is NCCn1cc(S(=O)(=O)NCCCc2ncc[nH]2)cn1. The molecule has 4 N–H and O–H groups in total. The summed E-state index contributed by atoms with van der Waals surface area (Å²) in [5.74, 6) is 0.847. The van der Waals surface area contributed by atoms with Crippen LogP contribution in [0, 0.1) is 0 Å². The number of sulfonamides is 1. The number of nitrogens with zero attached hydrogens (tertiary/aromatic N) is 3. The predicted molar refractivity (Wildman–Crippen MR) is 73.4 cm³/mol. The van der Waals surface area contributed by atoms with Gasteiger partial charge in [0.2, 0.25) is 10.0 Å². The number of hydrogen-bond donors (Lipinski definition) is 3. The molecule has 0 unspecified atom stereocenters. The molecular weight excluding hydrogens is 280 g/mol. The molecule has 2 aromatic heterocycles. The van der Waals surface area contributed by atoms with Crippen molar-refractivity contribution in [3.8, 4) is 0 Å². The standard InChI is InChI=1S/C11H18N6O2S/c12-3-7-17-9-10(8-15-17)20(18,19)16-4-1-2-11-13-5-6-14-11/h5-6,8-9,16H,1-4,7,12H2,(H,13,14). The zero-order valence-corrected chi connectivity index (χ0v) is 11.8. The van der Waals surface area contributed by atoms with Gasteiger partial charge in [-0.1, -0.05) is 0 Å². The quantitative estimate of drug-likeness (QED) is 0.566. The summed E-state index contributed by atoms with van der Waals surface area (Å²) in [5.41, 5.74) is 5.39. The fourth-order valence-electron chi connectivity index (χ4n) is 1.72. The molecule has 20 heavy (non-hydrogen) atoms. The van der Waals surface area contributed by atoms with Gasteiger partial charge in [0.1, 0.15) is 10.7 Å². The van der Waals surface area contributed by atoms with E-state index < -0.39 is 10.0 Å². The van der Waals surface area contributed by atoms with Crippen LogP contribution in [-0.2, 0) is 23.0 Å². The molecule has 8 nitrogen and oxygen atoms in total. The Morgan fingerprint density at radius 3 is 3.00 bits per heavy atom. The van der Waals surface area contributed by atoms with E-state index >= 15 is 0 Å². The van der Waals surface area contributed by atoms with E-state index in [0.717, 1.165) is 5.82 Å². The monoisotopic (exact) mass is 298 g/mol. The Labute approximate surface area is 117 Å². The minimum atomic E-state index is -3.50. The van der Waals surface area contributed by atoms with Gasteiger partial charge in [0.05, 0.1) is 12.7 Å². The molecule has 0 aliphatic heterocycles. The summed E-state index contributed by atoms with van der Waals surface area (Å²) in [6, 6.07) is 0. The number of aromatic amines is 1. The zero-order valence-electron chi connectivity index (χ0n) is 11.0. The Morgan fingerprint density at radius 1 is 1.45 bits per heavy atom. The number of hydrogen-bond acceptors (Lipinski definition) is 5. The Kier molecular flexibility index (Phi) is 4.88. The molecule has 0 aliphatic carbocycles. The number of nitrogens with one attached hydrogen (secondary N) is 2. The largest absolute Gasteiger partial charge is 0.349 e. The summed E-state index contributed by atoms with van der Waals surface area (Å²) in [5, 5.41) is 3.94. The molecule has 0 amide bonds. The van der Waals surface area contributed by atoms with E-state index in [1.807, 2.05) is 0 Å². The van der Waals surface area contributed by atoms with Crippen molar-refractivity contribution in [2.24, 2.45) is 5.73 Å². The van der Waals surface area contributed by atoms with Gasteiger partial charge in [-0.15, -0.1) is 0 Å². The maximum atomic E-state index is 12.0. The number of aryl methyl sites for hydroxylation is 1. The molecule has 0 spiro atoms. The molecule has 0 atom stereocenters. The minimum absolute atomic E-state index is 0.156. The summed E-state index contributed by atoms with van der Waals surface area (Å²) in [7, 11) is -3.50. The smallest absolute Gasteiger partial charge is 0.243 e. The molecular formula is C11H18N6O2S. The fraction of sp³-hybridized carbons (Fsp3) is 0.455. The molecule has 2 rings (SSSR count). The van der Waals surface area contributed by atoms with Gasteiger partial charge in [0.15, 0.2) is 0 Å². The van der Waals surface area contributed by atoms with Crippen molar-refractivity contribution in [1.82, 2.24) is 24.5 Å². The summed E-state index contributed by atoms with van der Waals surface area (Å²) in [6.07, 6.45) is 7.58. The first-order valence-corrected chi connectivity index (χ1v) is 7.80. The summed E-state index contributed by atoms with van der Waals surface area (Å²) in [4.78, 5) is 7.20. The summed E-state index contributed by atoms with van der Waals surface area (Å²) >= 11 is 0. The van der Waals surface area contributed by atoms with E-state index in [4.69, 9.17) is 5.73 Å². The number of nitrogens with two attached hydrogens (primary N) is 1. The van der Waals surface area contributed by atoms with Crippen LogP contribution in [0.25, 0.3) is 0 Å². The lowest BCUT2D eigenvalue weighted by molar-refractivity contribution is 0.577. The molecule has 0 saturated heterocycles. The lowest BCUT2D eigenvalue weighted by atomic mass is 10.3. The topological polar surface area (TPSA) is 119 Å². The van der Waals surface area contributed by atoms with Gasteiger partial charge < -0.3 is 10.7 Å². The maximum absolute atomic E-state index is 12.0. The molecule has 2 heterocycles. The van der Waals surface area contributed by atoms with Crippen LogP contribution in [-0.4, -0.2) is 41.3 Å². The first-order valence-electron chi connectivity index (χ1n) is 6.32. The van der Waals surface area contributed by atoms with Gasteiger partial charge in [0, 0.05) is 38.1 Å². The van der Waals surface area contributed by atoms with Gasteiger partial charge in [-0.05, 0) is 6.42 Å². The highest BCUT2D eigenvalue weighted by molar-refractivity contribution is 7.89. The van der Waals surface area contributed by atoms with Crippen LogP contribution in [0.5, 0.6) is 0 Å². The highest BCUT2D eigenvalue weighted by atomic mass is 32.2. The normalized spacial score (nSPS) is 11.8.